The number of nitrogens with zero attached hydrogens (tertiary/aromatic N) is 1. The van der Waals surface area contributed by atoms with Crippen molar-refractivity contribution in [1.82, 2.24) is 5.32 Å². The first-order valence-electron chi connectivity index (χ1n) is 34.8. The van der Waals surface area contributed by atoms with Gasteiger partial charge in [-0.1, -0.05) is 322 Å². The first-order valence-corrected chi connectivity index (χ1v) is 36.3. The van der Waals surface area contributed by atoms with Crippen LogP contribution in [-0.4, -0.2) is 73.4 Å². The number of carbonyl (C=O) groups is 1. The van der Waals surface area contributed by atoms with Gasteiger partial charge in [-0.3, -0.25) is 13.8 Å². The molecule has 3 atom stereocenters. The molecule has 1 amide bonds. The summed E-state index contributed by atoms with van der Waals surface area (Å²) in [4.78, 5) is 23.4. The number of aliphatic hydroxyl groups is 1. The minimum atomic E-state index is -4.36. The summed E-state index contributed by atoms with van der Waals surface area (Å²) in [5, 5.41) is 14.0. The molecule has 0 spiro atoms. The summed E-state index contributed by atoms with van der Waals surface area (Å²) in [6.07, 6.45) is 93.6. The Balaban J connectivity index is 4.13. The van der Waals surface area contributed by atoms with Crippen molar-refractivity contribution in [3.8, 4) is 0 Å². The Bertz CT molecular complexity index is 1720. The zero-order chi connectivity index (χ0) is 60.5. The van der Waals surface area contributed by atoms with E-state index >= 15 is 0 Å². The van der Waals surface area contributed by atoms with Gasteiger partial charge < -0.3 is 19.8 Å². The molecule has 0 aliphatic heterocycles. The number of amides is 1. The topological polar surface area (TPSA) is 105 Å². The van der Waals surface area contributed by atoms with Gasteiger partial charge in [0, 0.05) is 6.42 Å². The van der Waals surface area contributed by atoms with E-state index in [2.05, 4.69) is 116 Å². The van der Waals surface area contributed by atoms with Crippen LogP contribution in [0.2, 0.25) is 0 Å². The van der Waals surface area contributed by atoms with E-state index in [0.29, 0.717) is 17.4 Å². The zero-order valence-corrected chi connectivity index (χ0v) is 55.8. The minimum Gasteiger partial charge on any atom is -0.387 e. The maximum absolute atomic E-state index is 13.1. The van der Waals surface area contributed by atoms with Crippen molar-refractivity contribution in [2.45, 2.75) is 315 Å². The van der Waals surface area contributed by atoms with Crippen LogP contribution in [0.25, 0.3) is 0 Å². The monoisotopic (exact) mass is 1180 g/mol. The van der Waals surface area contributed by atoms with Crippen LogP contribution in [0.3, 0.4) is 0 Å². The summed E-state index contributed by atoms with van der Waals surface area (Å²) in [6.45, 7) is 4.72. The third-order valence-corrected chi connectivity index (χ3v) is 16.2. The predicted octanol–water partition coefficient (Wildman–Crippen LogP) is 22.3. The molecule has 0 aliphatic carbocycles. The van der Waals surface area contributed by atoms with Crippen LogP contribution in [0.4, 0.5) is 0 Å². The molecule has 83 heavy (non-hydrogen) atoms. The van der Waals surface area contributed by atoms with Crippen molar-refractivity contribution in [1.29, 1.82) is 0 Å². The first kappa shape index (κ1) is 80.2. The van der Waals surface area contributed by atoms with Gasteiger partial charge in [-0.15, -0.1) is 0 Å². The molecule has 0 radical (unpaired) electrons. The predicted molar refractivity (Wildman–Crippen MR) is 364 cm³/mol. The van der Waals surface area contributed by atoms with Crippen LogP contribution >= 0.6 is 7.82 Å². The van der Waals surface area contributed by atoms with Crippen LogP contribution < -0.4 is 5.32 Å². The molecule has 3 N–H and O–H groups in total. The van der Waals surface area contributed by atoms with E-state index in [-0.39, 0.29) is 19.1 Å². The fourth-order valence-corrected chi connectivity index (χ4v) is 10.6. The Morgan fingerprint density at radius 1 is 0.422 bits per heavy atom. The standard InChI is InChI=1S/C74H133N2O6P/c1-6-8-10-12-14-16-18-20-22-24-26-28-30-32-34-35-36-37-38-39-40-41-42-44-46-48-50-52-54-56-58-60-62-64-66-68-74(78)75-72(71-82-83(79,80)81-70-69-76(3,4)5)73(77)67-65-63-61-59-57-55-53-51-49-47-45-43-33-31-29-27-25-23-21-19-17-15-13-11-9-7-2/h8,10,14,16,20,22,26,28,32,34,36-37,39-40,42,44,65,67,72-73,77H,6-7,9,11-13,15,17-19,21,23-25,27,29-31,33,35,38,41,43,45-64,66,68-71H2,1-5H3,(H-,75,78,79,80)/p+1/b10-8-,16-14-,22-20-,28-26-,34-32-,37-36-,40-39-,44-42-,67-65+. The van der Waals surface area contributed by atoms with E-state index in [1.165, 1.54) is 186 Å². The molecule has 0 aromatic carbocycles. The lowest BCUT2D eigenvalue weighted by Crippen LogP contribution is -2.45. The Morgan fingerprint density at radius 2 is 0.723 bits per heavy atom. The molecule has 0 heterocycles. The van der Waals surface area contributed by atoms with Gasteiger partial charge in [0.2, 0.25) is 5.91 Å². The van der Waals surface area contributed by atoms with Crippen molar-refractivity contribution in [2.75, 3.05) is 40.9 Å². The van der Waals surface area contributed by atoms with Gasteiger partial charge in [-0.25, -0.2) is 4.57 Å². The van der Waals surface area contributed by atoms with Crippen molar-refractivity contribution < 1.29 is 32.9 Å². The first-order chi connectivity index (χ1) is 40.5. The Hall–Kier alpha value is -2.84. The van der Waals surface area contributed by atoms with E-state index in [4.69, 9.17) is 9.05 Å². The number of quaternary nitrogens is 1. The number of unbranched alkanes of at least 4 members (excludes halogenated alkanes) is 34. The average Bonchev–Trinajstić information content (AvgIpc) is 3.49. The van der Waals surface area contributed by atoms with Gasteiger partial charge in [0.05, 0.1) is 39.9 Å². The highest BCUT2D eigenvalue weighted by Crippen LogP contribution is 2.43. The molecule has 9 heteroatoms. The minimum absolute atomic E-state index is 0.0565. The normalized spacial score (nSPS) is 14.3. The second kappa shape index (κ2) is 63.7. The van der Waals surface area contributed by atoms with Gasteiger partial charge >= 0.3 is 7.82 Å². The summed E-state index contributed by atoms with van der Waals surface area (Å²) >= 11 is 0. The van der Waals surface area contributed by atoms with Gasteiger partial charge in [0.1, 0.15) is 13.2 Å². The Labute approximate surface area is 514 Å². The molecule has 3 unspecified atom stereocenters. The third kappa shape index (κ3) is 66.5. The summed E-state index contributed by atoms with van der Waals surface area (Å²) in [5.41, 5.74) is 0. The van der Waals surface area contributed by atoms with Crippen LogP contribution in [0.1, 0.15) is 303 Å². The summed E-state index contributed by atoms with van der Waals surface area (Å²) in [7, 11) is 1.57. The Morgan fingerprint density at radius 3 is 1.06 bits per heavy atom. The third-order valence-electron chi connectivity index (χ3n) is 15.2. The number of likely N-dealkylation sites (N-methyl/N-ethyl adjacent to an activating group) is 1. The van der Waals surface area contributed by atoms with Crippen LogP contribution in [0.5, 0.6) is 0 Å². The number of aliphatic hydroxyl groups excluding tert-OH is 1. The maximum atomic E-state index is 13.1. The highest BCUT2D eigenvalue weighted by Gasteiger charge is 2.28. The SMILES string of the molecule is CC/C=C\C/C=C\C/C=C\C/C=C\C/C=C\C/C=C\C/C=C\C/C=C\CCCCCCCCCCCCC(=O)NC(COP(=O)(O)OCC[N+](C)(C)C)C(O)/C=C/CCCCCCCCCCCCCCCCCCCCCCCCCC. The molecule has 0 saturated heterocycles. The van der Waals surface area contributed by atoms with Crippen molar-refractivity contribution in [3.63, 3.8) is 0 Å². The zero-order valence-electron chi connectivity index (χ0n) is 54.9. The second-order valence-corrected chi connectivity index (χ2v) is 26.0. The van der Waals surface area contributed by atoms with Crippen LogP contribution in [-0.2, 0) is 18.4 Å². The number of phosphoric ester groups is 1. The average molecular weight is 1180 g/mol. The molecule has 0 saturated carbocycles. The largest absolute Gasteiger partial charge is 0.472 e. The summed E-state index contributed by atoms with van der Waals surface area (Å²) in [6, 6.07) is -0.858. The highest BCUT2D eigenvalue weighted by molar-refractivity contribution is 7.47. The van der Waals surface area contributed by atoms with Gasteiger partial charge in [0.25, 0.3) is 0 Å². The molecule has 0 aromatic heterocycles. The lowest BCUT2D eigenvalue weighted by Gasteiger charge is -2.25. The van der Waals surface area contributed by atoms with Crippen molar-refractivity contribution in [2.24, 2.45) is 0 Å². The van der Waals surface area contributed by atoms with E-state index in [9.17, 15) is 19.4 Å². The number of allylic oxidation sites excluding steroid dienone is 17. The molecule has 8 nitrogen and oxygen atoms in total. The second-order valence-electron chi connectivity index (χ2n) is 24.5. The number of nitrogens with one attached hydrogen (secondary N) is 1. The summed E-state index contributed by atoms with van der Waals surface area (Å²) < 4.78 is 23.8. The summed E-state index contributed by atoms with van der Waals surface area (Å²) in [5.74, 6) is -0.182. The lowest BCUT2D eigenvalue weighted by atomic mass is 10.0. The number of hydrogen-bond donors (Lipinski definition) is 3. The fraction of sp³-hybridized carbons (Fsp3) is 0.743. The van der Waals surface area contributed by atoms with Gasteiger partial charge in [-0.05, 0) is 83.5 Å². The van der Waals surface area contributed by atoms with Crippen molar-refractivity contribution >= 4 is 13.7 Å². The quantitative estimate of drug-likeness (QED) is 0.0243. The van der Waals surface area contributed by atoms with Gasteiger partial charge in [0.15, 0.2) is 0 Å². The van der Waals surface area contributed by atoms with E-state index in [1.54, 1.807) is 6.08 Å². The number of rotatable bonds is 63. The van der Waals surface area contributed by atoms with Gasteiger partial charge in [-0.2, -0.15) is 0 Å². The molecule has 0 bridgehead atoms. The number of phosphoric acid groups is 1. The van der Waals surface area contributed by atoms with Crippen LogP contribution in [0, 0.1) is 0 Å². The van der Waals surface area contributed by atoms with E-state index < -0.39 is 20.0 Å². The highest BCUT2D eigenvalue weighted by atomic mass is 31.2. The maximum Gasteiger partial charge on any atom is 0.472 e. The molecule has 0 fully saturated rings. The van der Waals surface area contributed by atoms with Crippen molar-refractivity contribution in [3.05, 3.63) is 109 Å². The molecule has 480 valence electrons. The molecule has 0 aliphatic rings. The van der Waals surface area contributed by atoms with Crippen LogP contribution in [0.15, 0.2) is 109 Å². The fourth-order valence-electron chi connectivity index (χ4n) is 9.88. The molecule has 0 aromatic rings. The van der Waals surface area contributed by atoms with E-state index in [0.717, 1.165) is 96.3 Å². The molecule has 0 rings (SSSR count). The molecular weight excluding hydrogens is 1040 g/mol. The lowest BCUT2D eigenvalue weighted by molar-refractivity contribution is -0.870. The number of carbonyl (C=O) groups excluding carboxylic acids is 1. The van der Waals surface area contributed by atoms with E-state index in [1.807, 2.05) is 27.2 Å². The molecular formula is C74H134N2O6P+. The number of hydrogen-bond acceptors (Lipinski definition) is 5. The Kier molecular flexibility index (Phi) is 61.5. The smallest absolute Gasteiger partial charge is 0.387 e.